The first-order chi connectivity index (χ1) is 10.1. The number of benzene rings is 1. The van der Waals surface area contributed by atoms with Crippen LogP contribution in [0.3, 0.4) is 0 Å². The van der Waals surface area contributed by atoms with E-state index in [1.165, 1.54) is 5.56 Å². The average molecular weight is 289 g/mol. The molecule has 0 spiro atoms. The average Bonchev–Trinajstić information content (AvgIpc) is 2.49. The lowest BCUT2D eigenvalue weighted by Gasteiger charge is -2.45. The molecule has 2 rings (SSSR count). The number of hydrogen-bond donors (Lipinski definition) is 0. The monoisotopic (exact) mass is 289 g/mol. The quantitative estimate of drug-likeness (QED) is 0.776. The smallest absolute Gasteiger partial charge is 0.306 e. The van der Waals surface area contributed by atoms with E-state index in [2.05, 4.69) is 49.3 Å². The summed E-state index contributed by atoms with van der Waals surface area (Å²) in [6.45, 7) is 2.35. The summed E-state index contributed by atoms with van der Waals surface area (Å²) in [6, 6.07) is 10.8. The van der Waals surface area contributed by atoms with E-state index in [1.807, 2.05) is 6.92 Å². The minimum atomic E-state index is -0.0421. The highest BCUT2D eigenvalue weighted by atomic mass is 16.5. The normalized spacial score (nSPS) is 25.8. The van der Waals surface area contributed by atoms with Crippen molar-refractivity contribution in [2.24, 2.45) is 5.92 Å². The Morgan fingerprint density at radius 3 is 2.38 bits per heavy atom. The van der Waals surface area contributed by atoms with Crippen LogP contribution in [0.15, 0.2) is 30.3 Å². The van der Waals surface area contributed by atoms with E-state index in [1.54, 1.807) is 0 Å². The topological polar surface area (TPSA) is 29.5 Å². The molecule has 0 radical (unpaired) electrons. The lowest BCUT2D eigenvalue weighted by molar-refractivity contribution is -0.144. The van der Waals surface area contributed by atoms with Crippen molar-refractivity contribution in [2.75, 3.05) is 20.7 Å². The van der Waals surface area contributed by atoms with Gasteiger partial charge in [-0.15, -0.1) is 0 Å². The molecule has 1 aromatic carbocycles. The molecule has 0 atom stereocenters. The summed E-state index contributed by atoms with van der Waals surface area (Å²) in [5.74, 6) is 0.431. The molecule has 0 bridgehead atoms. The number of rotatable bonds is 5. The molecule has 0 aliphatic heterocycles. The van der Waals surface area contributed by atoms with Crippen LogP contribution < -0.4 is 0 Å². The summed E-state index contributed by atoms with van der Waals surface area (Å²) in [7, 11) is 4.33. The van der Waals surface area contributed by atoms with Crippen LogP contribution in [0, 0.1) is 5.92 Å². The van der Waals surface area contributed by atoms with E-state index in [4.69, 9.17) is 4.74 Å². The van der Waals surface area contributed by atoms with Crippen molar-refractivity contribution in [3.63, 3.8) is 0 Å². The van der Waals surface area contributed by atoms with Crippen molar-refractivity contribution in [1.82, 2.24) is 4.90 Å². The molecule has 1 aliphatic rings. The molecule has 0 heterocycles. The first-order valence-electron chi connectivity index (χ1n) is 7.97. The molecule has 1 aliphatic carbocycles. The highest BCUT2D eigenvalue weighted by molar-refractivity contribution is 5.69. The van der Waals surface area contributed by atoms with E-state index in [0.29, 0.717) is 18.9 Å². The first-order valence-corrected chi connectivity index (χ1v) is 7.97. The maximum atomic E-state index is 11.6. The van der Waals surface area contributed by atoms with Gasteiger partial charge in [-0.1, -0.05) is 30.3 Å². The highest BCUT2D eigenvalue weighted by Gasteiger charge is 2.39. The second-order valence-electron chi connectivity index (χ2n) is 6.24. The Hall–Kier alpha value is -1.35. The minimum Gasteiger partial charge on any atom is -0.466 e. The predicted molar refractivity (Wildman–Crippen MR) is 85.0 cm³/mol. The number of carbonyl (C=O) groups is 1. The van der Waals surface area contributed by atoms with Gasteiger partial charge in [0, 0.05) is 12.0 Å². The maximum Gasteiger partial charge on any atom is 0.306 e. The van der Waals surface area contributed by atoms with Crippen LogP contribution in [-0.2, 0) is 15.1 Å². The zero-order chi connectivity index (χ0) is 15.3. The Morgan fingerprint density at radius 2 is 1.86 bits per heavy atom. The van der Waals surface area contributed by atoms with Crippen LogP contribution in [0.1, 0.15) is 44.6 Å². The Bertz CT molecular complexity index is 448. The second kappa shape index (κ2) is 7.08. The van der Waals surface area contributed by atoms with E-state index in [-0.39, 0.29) is 11.5 Å². The fourth-order valence-corrected chi connectivity index (χ4v) is 3.56. The third-order valence-corrected chi connectivity index (χ3v) is 4.86. The van der Waals surface area contributed by atoms with Crippen molar-refractivity contribution >= 4 is 5.97 Å². The lowest BCUT2D eigenvalue weighted by atomic mass is 9.71. The number of ether oxygens (including phenoxy) is 1. The molecule has 0 N–H and O–H groups in total. The van der Waals surface area contributed by atoms with Crippen molar-refractivity contribution in [3.8, 4) is 0 Å². The van der Waals surface area contributed by atoms with Crippen molar-refractivity contribution in [1.29, 1.82) is 0 Å². The van der Waals surface area contributed by atoms with Gasteiger partial charge in [0.1, 0.15) is 0 Å². The van der Waals surface area contributed by atoms with Crippen LogP contribution in [0.25, 0.3) is 0 Å². The van der Waals surface area contributed by atoms with Crippen molar-refractivity contribution < 1.29 is 9.53 Å². The van der Waals surface area contributed by atoms with Crippen LogP contribution in [-0.4, -0.2) is 31.6 Å². The summed E-state index contributed by atoms with van der Waals surface area (Å²) < 4.78 is 5.08. The van der Waals surface area contributed by atoms with E-state index in [0.717, 1.165) is 25.7 Å². The Kier molecular flexibility index (Phi) is 5.40. The minimum absolute atomic E-state index is 0.0421. The Balaban J connectivity index is 2.03. The SMILES string of the molecule is CCOC(=O)C[C@H]1CC[C@@](c2ccccc2)(N(C)C)CC1. The molecule has 0 amide bonds. The summed E-state index contributed by atoms with van der Waals surface area (Å²) in [6.07, 6.45) is 4.96. The van der Waals surface area contributed by atoms with Gasteiger partial charge in [0.2, 0.25) is 0 Å². The molecular formula is C18H27NO2. The molecule has 3 heteroatoms. The number of nitrogens with zero attached hydrogens (tertiary/aromatic N) is 1. The summed E-state index contributed by atoms with van der Waals surface area (Å²) in [5, 5.41) is 0. The number of esters is 1. The molecule has 3 nitrogen and oxygen atoms in total. The molecular weight excluding hydrogens is 262 g/mol. The fourth-order valence-electron chi connectivity index (χ4n) is 3.56. The standard InChI is InChI=1S/C18H27NO2/c1-4-21-17(20)14-15-10-12-18(13-11-15,19(2)3)16-8-6-5-7-9-16/h5-9,15H,4,10-14H2,1-3H3/t15-,18+. The fraction of sp³-hybridized carbons (Fsp3) is 0.611. The van der Waals surface area contributed by atoms with Crippen molar-refractivity contribution in [2.45, 2.75) is 44.6 Å². The first kappa shape index (κ1) is 16.0. The van der Waals surface area contributed by atoms with Gasteiger partial charge in [-0.3, -0.25) is 9.69 Å². The molecule has 1 fully saturated rings. The van der Waals surface area contributed by atoms with Crippen LogP contribution >= 0.6 is 0 Å². The van der Waals surface area contributed by atoms with Gasteiger partial charge in [-0.25, -0.2) is 0 Å². The second-order valence-corrected chi connectivity index (χ2v) is 6.24. The van der Waals surface area contributed by atoms with E-state index in [9.17, 15) is 4.79 Å². The molecule has 21 heavy (non-hydrogen) atoms. The predicted octanol–water partition coefficient (Wildman–Crippen LogP) is 3.59. The van der Waals surface area contributed by atoms with E-state index >= 15 is 0 Å². The summed E-state index contributed by atoms with van der Waals surface area (Å²) in [4.78, 5) is 14.0. The molecule has 0 aromatic heterocycles. The van der Waals surface area contributed by atoms with Crippen molar-refractivity contribution in [3.05, 3.63) is 35.9 Å². The third-order valence-electron chi connectivity index (χ3n) is 4.86. The molecule has 0 unspecified atom stereocenters. The van der Waals surface area contributed by atoms with Crippen LogP contribution in [0.2, 0.25) is 0 Å². The number of hydrogen-bond acceptors (Lipinski definition) is 3. The van der Waals surface area contributed by atoms with Gasteiger partial charge in [0.15, 0.2) is 0 Å². The largest absolute Gasteiger partial charge is 0.466 e. The van der Waals surface area contributed by atoms with Gasteiger partial charge < -0.3 is 4.74 Å². The Morgan fingerprint density at radius 1 is 1.24 bits per heavy atom. The van der Waals surface area contributed by atoms with Gasteiger partial charge in [-0.05, 0) is 58.2 Å². The van der Waals surface area contributed by atoms with Gasteiger partial charge >= 0.3 is 5.97 Å². The van der Waals surface area contributed by atoms with Crippen LogP contribution in [0.4, 0.5) is 0 Å². The summed E-state index contributed by atoms with van der Waals surface area (Å²) >= 11 is 0. The van der Waals surface area contributed by atoms with Gasteiger partial charge in [0.05, 0.1) is 6.61 Å². The van der Waals surface area contributed by atoms with Gasteiger partial charge in [0.25, 0.3) is 0 Å². The highest BCUT2D eigenvalue weighted by Crippen LogP contribution is 2.43. The Labute approximate surface area is 128 Å². The zero-order valence-electron chi connectivity index (χ0n) is 13.5. The summed E-state index contributed by atoms with van der Waals surface area (Å²) in [5.41, 5.74) is 1.51. The van der Waals surface area contributed by atoms with Crippen LogP contribution in [0.5, 0.6) is 0 Å². The molecule has 1 aromatic rings. The van der Waals surface area contributed by atoms with E-state index < -0.39 is 0 Å². The van der Waals surface area contributed by atoms with Gasteiger partial charge in [-0.2, -0.15) is 0 Å². The molecule has 116 valence electrons. The zero-order valence-corrected chi connectivity index (χ0v) is 13.5. The number of carbonyl (C=O) groups excluding carboxylic acids is 1. The molecule has 1 saturated carbocycles. The lowest BCUT2D eigenvalue weighted by Crippen LogP contribution is -2.44. The maximum absolute atomic E-state index is 11.6. The third kappa shape index (κ3) is 3.65. The molecule has 0 saturated heterocycles.